The van der Waals surface area contributed by atoms with Crippen molar-refractivity contribution >= 4 is 16.6 Å². The van der Waals surface area contributed by atoms with Crippen LogP contribution in [-0.2, 0) is 0 Å². The first-order chi connectivity index (χ1) is 7.65. The second-order valence-electron chi connectivity index (χ2n) is 3.73. The quantitative estimate of drug-likeness (QED) is 0.531. The Hall–Kier alpha value is -2.28. The lowest BCUT2D eigenvalue weighted by Gasteiger charge is -2.15. The molecule has 0 spiro atoms. The van der Waals surface area contributed by atoms with Crippen molar-refractivity contribution in [1.82, 2.24) is 0 Å². The first-order valence-electron chi connectivity index (χ1n) is 4.88. The monoisotopic (exact) mass is 213 g/mol. The Morgan fingerprint density at radius 1 is 1.31 bits per heavy atom. The Balaban J connectivity index is 2.91. The summed E-state index contributed by atoms with van der Waals surface area (Å²) in [7, 11) is 3.77. The van der Waals surface area contributed by atoms with E-state index in [0.717, 1.165) is 11.1 Å². The Labute approximate surface area is 93.5 Å². The van der Waals surface area contributed by atoms with E-state index in [2.05, 4.69) is 0 Å². The van der Waals surface area contributed by atoms with Gasteiger partial charge in [-0.05, 0) is 6.07 Å². The molecule has 0 radical (unpaired) electrons. The molecule has 4 nitrogen and oxygen atoms in total. The number of rotatable bonds is 1. The van der Waals surface area contributed by atoms with Crippen LogP contribution in [0.25, 0.3) is 10.9 Å². The molecule has 0 aliphatic carbocycles. The van der Waals surface area contributed by atoms with Crippen molar-refractivity contribution < 1.29 is 4.73 Å². The predicted molar refractivity (Wildman–Crippen MR) is 62.0 cm³/mol. The molecule has 0 aliphatic rings. The van der Waals surface area contributed by atoms with Gasteiger partial charge in [-0.25, -0.2) is 0 Å². The van der Waals surface area contributed by atoms with Gasteiger partial charge in [0.05, 0.1) is 11.1 Å². The van der Waals surface area contributed by atoms with Crippen molar-refractivity contribution in [3.05, 3.63) is 41.2 Å². The SMILES string of the molecule is CN(C)c1cc(C#N)[n+]([O-])c2ccccc12. The highest BCUT2D eigenvalue weighted by Gasteiger charge is 2.15. The number of para-hydroxylation sites is 1. The van der Waals surface area contributed by atoms with Crippen LogP contribution < -0.4 is 9.63 Å². The van der Waals surface area contributed by atoms with Gasteiger partial charge >= 0.3 is 0 Å². The van der Waals surface area contributed by atoms with Crippen molar-refractivity contribution in [3.8, 4) is 6.07 Å². The minimum Gasteiger partial charge on any atom is -0.617 e. The summed E-state index contributed by atoms with van der Waals surface area (Å²) in [5, 5.41) is 21.6. The van der Waals surface area contributed by atoms with Gasteiger partial charge in [0, 0.05) is 26.2 Å². The molecule has 0 saturated carbocycles. The average Bonchev–Trinajstić information content (AvgIpc) is 2.29. The highest BCUT2D eigenvalue weighted by atomic mass is 16.5. The molecule has 0 bridgehead atoms. The highest BCUT2D eigenvalue weighted by Crippen LogP contribution is 2.23. The van der Waals surface area contributed by atoms with Crippen LogP contribution in [-0.4, -0.2) is 14.1 Å². The molecule has 0 unspecified atom stereocenters. The van der Waals surface area contributed by atoms with E-state index >= 15 is 0 Å². The Morgan fingerprint density at radius 2 is 2.00 bits per heavy atom. The molecule has 0 atom stereocenters. The summed E-state index contributed by atoms with van der Waals surface area (Å²) in [4.78, 5) is 1.89. The zero-order valence-electron chi connectivity index (χ0n) is 9.14. The molecule has 16 heavy (non-hydrogen) atoms. The van der Waals surface area contributed by atoms with Gasteiger partial charge in [-0.15, -0.1) is 0 Å². The number of hydrogen-bond acceptors (Lipinski definition) is 3. The standard InChI is InChI=1S/C12H11N3O/c1-14(2)12-7-9(8-13)15(16)11-6-4-3-5-10(11)12/h3-7H,1-2H3. The van der Waals surface area contributed by atoms with E-state index in [9.17, 15) is 5.21 Å². The van der Waals surface area contributed by atoms with Gasteiger partial charge in [-0.1, -0.05) is 12.1 Å². The van der Waals surface area contributed by atoms with E-state index in [0.29, 0.717) is 10.2 Å². The third-order valence-corrected chi connectivity index (χ3v) is 2.49. The van der Waals surface area contributed by atoms with Crippen LogP contribution in [0.3, 0.4) is 0 Å². The molecule has 1 heterocycles. The van der Waals surface area contributed by atoms with Gasteiger partial charge in [0.1, 0.15) is 0 Å². The maximum Gasteiger partial charge on any atom is 0.297 e. The fourth-order valence-corrected chi connectivity index (χ4v) is 1.71. The van der Waals surface area contributed by atoms with Crippen LogP contribution in [0.1, 0.15) is 5.69 Å². The van der Waals surface area contributed by atoms with Crippen molar-refractivity contribution in [2.45, 2.75) is 0 Å². The second kappa shape index (κ2) is 3.70. The van der Waals surface area contributed by atoms with Gasteiger partial charge in [-0.2, -0.15) is 9.99 Å². The predicted octanol–water partition coefficient (Wildman–Crippen LogP) is 1.41. The van der Waals surface area contributed by atoms with Crippen molar-refractivity contribution in [1.29, 1.82) is 5.26 Å². The average molecular weight is 213 g/mol. The van der Waals surface area contributed by atoms with Crippen LogP contribution in [0.2, 0.25) is 0 Å². The minimum atomic E-state index is 0.113. The Kier molecular flexibility index (Phi) is 2.37. The Bertz CT molecular complexity index is 585. The number of anilines is 1. The summed E-state index contributed by atoms with van der Waals surface area (Å²) in [6.45, 7) is 0. The molecule has 4 heteroatoms. The van der Waals surface area contributed by atoms with E-state index in [4.69, 9.17) is 5.26 Å². The van der Waals surface area contributed by atoms with Gasteiger partial charge < -0.3 is 10.1 Å². The van der Waals surface area contributed by atoms with E-state index < -0.39 is 0 Å². The van der Waals surface area contributed by atoms with Gasteiger partial charge in [-0.3, -0.25) is 0 Å². The molecule has 80 valence electrons. The molecular formula is C12H11N3O. The zero-order chi connectivity index (χ0) is 11.7. The molecule has 2 rings (SSSR count). The van der Waals surface area contributed by atoms with E-state index in [1.165, 1.54) is 0 Å². The highest BCUT2D eigenvalue weighted by molar-refractivity contribution is 5.89. The zero-order valence-corrected chi connectivity index (χ0v) is 9.14. The summed E-state index contributed by atoms with van der Waals surface area (Å²) in [5.74, 6) is 0. The molecule has 0 amide bonds. The first-order valence-corrected chi connectivity index (χ1v) is 4.88. The lowest BCUT2D eigenvalue weighted by Crippen LogP contribution is -2.32. The number of aromatic nitrogens is 1. The topological polar surface area (TPSA) is 54.0 Å². The van der Waals surface area contributed by atoms with Crippen LogP contribution in [0.15, 0.2) is 30.3 Å². The number of pyridine rings is 1. The lowest BCUT2D eigenvalue weighted by molar-refractivity contribution is -0.579. The molecular weight excluding hydrogens is 202 g/mol. The fourth-order valence-electron chi connectivity index (χ4n) is 1.71. The normalized spacial score (nSPS) is 10.1. The lowest BCUT2D eigenvalue weighted by atomic mass is 10.1. The van der Waals surface area contributed by atoms with E-state index in [-0.39, 0.29) is 5.69 Å². The van der Waals surface area contributed by atoms with Gasteiger partial charge in [0.25, 0.3) is 5.69 Å². The summed E-state index contributed by atoms with van der Waals surface area (Å²) in [5.41, 5.74) is 1.51. The van der Waals surface area contributed by atoms with Crippen LogP contribution >= 0.6 is 0 Å². The van der Waals surface area contributed by atoms with Crippen molar-refractivity contribution in [2.24, 2.45) is 0 Å². The maximum atomic E-state index is 11.8. The number of benzene rings is 1. The van der Waals surface area contributed by atoms with Gasteiger partial charge in [0.15, 0.2) is 6.07 Å². The molecule has 0 N–H and O–H groups in total. The van der Waals surface area contributed by atoms with Crippen LogP contribution in [0.5, 0.6) is 0 Å². The third kappa shape index (κ3) is 1.43. The minimum absolute atomic E-state index is 0.113. The van der Waals surface area contributed by atoms with Crippen molar-refractivity contribution in [2.75, 3.05) is 19.0 Å². The first kappa shape index (κ1) is 10.2. The number of hydrogen-bond donors (Lipinski definition) is 0. The summed E-state index contributed by atoms with van der Waals surface area (Å²) in [6.07, 6.45) is 0. The molecule has 2 aromatic rings. The molecule has 0 saturated heterocycles. The third-order valence-electron chi connectivity index (χ3n) is 2.49. The van der Waals surface area contributed by atoms with E-state index in [1.807, 2.05) is 37.2 Å². The maximum absolute atomic E-state index is 11.8. The molecule has 0 fully saturated rings. The molecule has 1 aromatic heterocycles. The van der Waals surface area contributed by atoms with Crippen molar-refractivity contribution in [3.63, 3.8) is 0 Å². The smallest absolute Gasteiger partial charge is 0.297 e. The number of nitriles is 1. The molecule has 1 aromatic carbocycles. The number of fused-ring (bicyclic) bond motifs is 1. The largest absolute Gasteiger partial charge is 0.617 e. The second-order valence-corrected chi connectivity index (χ2v) is 3.73. The fraction of sp³-hybridized carbons (Fsp3) is 0.167. The van der Waals surface area contributed by atoms with Crippen LogP contribution in [0, 0.1) is 16.5 Å². The van der Waals surface area contributed by atoms with Gasteiger partial charge in [0.2, 0.25) is 5.52 Å². The van der Waals surface area contributed by atoms with Crippen LogP contribution in [0.4, 0.5) is 5.69 Å². The summed E-state index contributed by atoms with van der Waals surface area (Å²) < 4.78 is 0.669. The summed E-state index contributed by atoms with van der Waals surface area (Å²) >= 11 is 0. The Morgan fingerprint density at radius 3 is 2.62 bits per heavy atom. The number of nitrogens with zero attached hydrogens (tertiary/aromatic N) is 3. The van der Waals surface area contributed by atoms with E-state index in [1.54, 1.807) is 18.2 Å². The summed E-state index contributed by atoms with van der Waals surface area (Å²) in [6, 6.07) is 10.8. The molecule has 0 aliphatic heterocycles.